The standard InChI is InChI=1S/C12H19N3O2S/c1-15(10-5-3-2-4-6-10)18(16,17)11-7-8-12(13)14-9-11/h7-10H,2-6H2,1H3,(H2,13,14). The predicted octanol–water partition coefficient (Wildman–Crippen LogP) is 1.62. The molecular formula is C12H19N3O2S. The smallest absolute Gasteiger partial charge is 0.244 e. The van der Waals surface area contributed by atoms with Crippen molar-refractivity contribution in [3.63, 3.8) is 0 Å². The number of hydrogen-bond donors (Lipinski definition) is 1. The monoisotopic (exact) mass is 269 g/mol. The molecule has 1 heterocycles. The summed E-state index contributed by atoms with van der Waals surface area (Å²) in [4.78, 5) is 4.06. The Bertz CT molecular complexity index is 493. The van der Waals surface area contributed by atoms with Gasteiger partial charge in [0.15, 0.2) is 0 Å². The quantitative estimate of drug-likeness (QED) is 0.904. The second-order valence-corrected chi connectivity index (χ2v) is 6.73. The van der Waals surface area contributed by atoms with Gasteiger partial charge < -0.3 is 5.73 Å². The van der Waals surface area contributed by atoms with Gasteiger partial charge in [0.1, 0.15) is 10.7 Å². The van der Waals surface area contributed by atoms with Crippen molar-refractivity contribution in [1.82, 2.24) is 9.29 Å². The molecule has 1 aromatic heterocycles. The van der Waals surface area contributed by atoms with Crippen LogP contribution in [-0.4, -0.2) is 30.8 Å². The van der Waals surface area contributed by atoms with Gasteiger partial charge in [0.25, 0.3) is 0 Å². The van der Waals surface area contributed by atoms with E-state index in [1.165, 1.54) is 29.1 Å². The number of nitrogens with zero attached hydrogens (tertiary/aromatic N) is 2. The lowest BCUT2D eigenvalue weighted by Gasteiger charge is -2.30. The highest BCUT2D eigenvalue weighted by atomic mass is 32.2. The largest absolute Gasteiger partial charge is 0.384 e. The predicted molar refractivity (Wildman–Crippen MR) is 70.5 cm³/mol. The molecular weight excluding hydrogens is 250 g/mol. The fourth-order valence-corrected chi connectivity index (χ4v) is 3.71. The molecule has 0 amide bonds. The van der Waals surface area contributed by atoms with E-state index in [0.717, 1.165) is 25.7 Å². The minimum Gasteiger partial charge on any atom is -0.384 e. The van der Waals surface area contributed by atoms with E-state index in [2.05, 4.69) is 4.98 Å². The van der Waals surface area contributed by atoms with Crippen molar-refractivity contribution in [3.8, 4) is 0 Å². The molecule has 0 spiro atoms. The van der Waals surface area contributed by atoms with Crippen molar-refractivity contribution >= 4 is 15.8 Å². The third-order valence-electron chi connectivity index (χ3n) is 3.53. The van der Waals surface area contributed by atoms with E-state index >= 15 is 0 Å². The first-order valence-electron chi connectivity index (χ1n) is 6.21. The molecule has 0 radical (unpaired) electrons. The molecule has 1 aliphatic carbocycles. The van der Waals surface area contributed by atoms with Crippen LogP contribution in [0.2, 0.25) is 0 Å². The summed E-state index contributed by atoms with van der Waals surface area (Å²) in [7, 11) is -1.79. The molecule has 18 heavy (non-hydrogen) atoms. The second kappa shape index (κ2) is 5.24. The van der Waals surface area contributed by atoms with Crippen molar-refractivity contribution in [2.24, 2.45) is 0 Å². The molecule has 0 aromatic carbocycles. The molecule has 1 aromatic rings. The molecule has 0 atom stereocenters. The van der Waals surface area contributed by atoms with Crippen LogP contribution in [0.5, 0.6) is 0 Å². The summed E-state index contributed by atoms with van der Waals surface area (Å²) < 4.78 is 26.3. The van der Waals surface area contributed by atoms with Crippen molar-refractivity contribution in [2.45, 2.75) is 43.0 Å². The summed E-state index contributed by atoms with van der Waals surface area (Å²) in [6.07, 6.45) is 6.61. The Balaban J connectivity index is 2.21. The number of aromatic nitrogens is 1. The molecule has 2 rings (SSSR count). The maximum atomic E-state index is 12.4. The summed E-state index contributed by atoms with van der Waals surface area (Å²) in [5.74, 6) is 0.328. The Hall–Kier alpha value is -1.14. The van der Waals surface area contributed by atoms with Crippen LogP contribution in [0.3, 0.4) is 0 Å². The van der Waals surface area contributed by atoms with E-state index < -0.39 is 10.0 Å². The SMILES string of the molecule is CN(C1CCCCC1)S(=O)(=O)c1ccc(N)nc1. The lowest BCUT2D eigenvalue weighted by Crippen LogP contribution is -2.38. The number of sulfonamides is 1. The van der Waals surface area contributed by atoms with E-state index in [9.17, 15) is 8.42 Å². The van der Waals surface area contributed by atoms with Gasteiger partial charge in [-0.2, -0.15) is 4.31 Å². The van der Waals surface area contributed by atoms with Gasteiger partial charge in [-0.25, -0.2) is 13.4 Å². The topological polar surface area (TPSA) is 76.3 Å². The Morgan fingerprint density at radius 2 is 1.94 bits per heavy atom. The van der Waals surface area contributed by atoms with Gasteiger partial charge in [0.2, 0.25) is 10.0 Å². The van der Waals surface area contributed by atoms with E-state index in [0.29, 0.717) is 5.82 Å². The molecule has 1 saturated carbocycles. The lowest BCUT2D eigenvalue weighted by atomic mass is 9.96. The number of hydrogen-bond acceptors (Lipinski definition) is 4. The zero-order valence-electron chi connectivity index (χ0n) is 10.5. The van der Waals surface area contributed by atoms with Crippen LogP contribution in [0.15, 0.2) is 23.2 Å². The van der Waals surface area contributed by atoms with Crippen LogP contribution in [-0.2, 0) is 10.0 Å². The fraction of sp³-hybridized carbons (Fsp3) is 0.583. The summed E-state index contributed by atoms with van der Waals surface area (Å²) in [5.41, 5.74) is 5.47. The third kappa shape index (κ3) is 2.64. The maximum absolute atomic E-state index is 12.4. The number of pyridine rings is 1. The molecule has 0 aliphatic heterocycles. The van der Waals surface area contributed by atoms with Gasteiger partial charge >= 0.3 is 0 Å². The van der Waals surface area contributed by atoms with Crippen LogP contribution in [0.4, 0.5) is 5.82 Å². The van der Waals surface area contributed by atoms with Gasteiger partial charge in [-0.3, -0.25) is 0 Å². The van der Waals surface area contributed by atoms with Crippen molar-refractivity contribution < 1.29 is 8.42 Å². The molecule has 2 N–H and O–H groups in total. The van der Waals surface area contributed by atoms with Crippen LogP contribution < -0.4 is 5.73 Å². The van der Waals surface area contributed by atoms with Crippen molar-refractivity contribution in [2.75, 3.05) is 12.8 Å². The van der Waals surface area contributed by atoms with Gasteiger partial charge in [0, 0.05) is 19.3 Å². The Kier molecular flexibility index (Phi) is 3.87. The van der Waals surface area contributed by atoms with E-state index in [1.54, 1.807) is 7.05 Å². The van der Waals surface area contributed by atoms with Gasteiger partial charge in [-0.15, -0.1) is 0 Å². The molecule has 1 aliphatic rings. The van der Waals surface area contributed by atoms with Crippen LogP contribution >= 0.6 is 0 Å². The zero-order chi connectivity index (χ0) is 13.2. The first-order chi connectivity index (χ1) is 8.51. The first-order valence-corrected chi connectivity index (χ1v) is 7.65. The van der Waals surface area contributed by atoms with E-state index in [4.69, 9.17) is 5.73 Å². The third-order valence-corrected chi connectivity index (χ3v) is 5.42. The number of nitrogens with two attached hydrogens (primary N) is 1. The molecule has 6 heteroatoms. The van der Waals surface area contributed by atoms with Crippen molar-refractivity contribution in [3.05, 3.63) is 18.3 Å². The average molecular weight is 269 g/mol. The lowest BCUT2D eigenvalue weighted by molar-refractivity contribution is 0.286. The van der Waals surface area contributed by atoms with Crippen LogP contribution in [0.1, 0.15) is 32.1 Å². The average Bonchev–Trinajstić information content (AvgIpc) is 2.39. The number of nitrogen functional groups attached to an aromatic ring is 1. The zero-order valence-corrected chi connectivity index (χ0v) is 11.4. The second-order valence-electron chi connectivity index (χ2n) is 4.73. The first kappa shape index (κ1) is 13.3. The Labute approximate surface area is 108 Å². The van der Waals surface area contributed by atoms with Gasteiger partial charge in [-0.1, -0.05) is 19.3 Å². The molecule has 0 saturated heterocycles. The highest BCUT2D eigenvalue weighted by Crippen LogP contribution is 2.26. The summed E-state index contributed by atoms with van der Waals surface area (Å²) in [5, 5.41) is 0. The summed E-state index contributed by atoms with van der Waals surface area (Å²) in [6.45, 7) is 0. The minimum absolute atomic E-state index is 0.112. The highest BCUT2D eigenvalue weighted by molar-refractivity contribution is 7.89. The van der Waals surface area contributed by atoms with E-state index in [-0.39, 0.29) is 10.9 Å². The molecule has 0 unspecified atom stereocenters. The Morgan fingerprint density at radius 3 is 2.50 bits per heavy atom. The minimum atomic E-state index is -3.44. The van der Waals surface area contributed by atoms with Gasteiger partial charge in [-0.05, 0) is 25.0 Å². The van der Waals surface area contributed by atoms with Crippen molar-refractivity contribution in [1.29, 1.82) is 0 Å². The Morgan fingerprint density at radius 1 is 1.28 bits per heavy atom. The number of rotatable bonds is 3. The van der Waals surface area contributed by atoms with Gasteiger partial charge in [0.05, 0.1) is 0 Å². The fourth-order valence-electron chi connectivity index (χ4n) is 2.35. The summed E-state index contributed by atoms with van der Waals surface area (Å²) in [6, 6.07) is 3.14. The molecule has 100 valence electrons. The normalized spacial score (nSPS) is 18.1. The maximum Gasteiger partial charge on any atom is 0.244 e. The summed E-state index contributed by atoms with van der Waals surface area (Å²) >= 11 is 0. The molecule has 5 nitrogen and oxygen atoms in total. The molecule has 1 fully saturated rings. The highest BCUT2D eigenvalue weighted by Gasteiger charge is 2.29. The van der Waals surface area contributed by atoms with Crippen LogP contribution in [0, 0.1) is 0 Å². The molecule has 0 bridgehead atoms. The van der Waals surface area contributed by atoms with Crippen LogP contribution in [0.25, 0.3) is 0 Å². The van der Waals surface area contributed by atoms with E-state index in [1.807, 2.05) is 0 Å². The number of anilines is 1.